The predicted octanol–water partition coefficient (Wildman–Crippen LogP) is -1.80. The number of carboxylic acid groups (broad SMARTS) is 2. The molecule has 0 aliphatic carbocycles. The first kappa shape index (κ1) is 19.1. The summed E-state index contributed by atoms with van der Waals surface area (Å²) in [6.07, 6.45) is -1.04. The molecular weight excluding hydrogens is 244 g/mol. The molecule has 0 amide bonds. The number of carbonyl (C=O) groups is 2. The Kier molecular flexibility index (Phi) is 10.4. The van der Waals surface area contributed by atoms with Gasteiger partial charge in [0.2, 0.25) is 0 Å². The smallest absolute Gasteiger partial charge is 0.304 e. The first-order chi connectivity index (χ1) is 8.29. The number of aliphatic hydroxyl groups is 2. The molecule has 0 aromatic rings. The van der Waals surface area contributed by atoms with Crippen molar-refractivity contribution in [3.05, 3.63) is 0 Å². The van der Waals surface area contributed by atoms with Gasteiger partial charge in [-0.05, 0) is 6.92 Å². The van der Waals surface area contributed by atoms with Crippen LogP contribution in [0.2, 0.25) is 0 Å². The van der Waals surface area contributed by atoms with E-state index < -0.39 is 42.8 Å². The Morgan fingerprint density at radius 1 is 1.17 bits per heavy atom. The Morgan fingerprint density at radius 2 is 1.50 bits per heavy atom. The molecule has 0 spiro atoms. The van der Waals surface area contributed by atoms with E-state index in [0.29, 0.717) is 0 Å². The molecule has 0 heterocycles. The van der Waals surface area contributed by atoms with Gasteiger partial charge >= 0.3 is 11.9 Å². The lowest BCUT2D eigenvalue weighted by Crippen LogP contribution is -2.51. The Balaban J connectivity index is 0. The Morgan fingerprint density at radius 3 is 1.67 bits per heavy atom. The highest BCUT2D eigenvalue weighted by Crippen LogP contribution is 2.29. The molecule has 1 atom stereocenters. The highest BCUT2D eigenvalue weighted by atomic mass is 16.4. The van der Waals surface area contributed by atoms with Crippen LogP contribution in [0.4, 0.5) is 0 Å². The molecule has 0 aliphatic rings. The van der Waals surface area contributed by atoms with Crippen molar-refractivity contribution in [1.29, 1.82) is 0 Å². The summed E-state index contributed by atoms with van der Waals surface area (Å²) >= 11 is 0. The minimum absolute atomic E-state index is 0.0822. The van der Waals surface area contributed by atoms with Crippen LogP contribution in [0.25, 0.3) is 0 Å². The Labute approximate surface area is 105 Å². The fourth-order valence-corrected chi connectivity index (χ4v) is 1.41. The average molecular weight is 266 g/mol. The highest BCUT2D eigenvalue weighted by molar-refractivity contribution is 5.72. The third-order valence-electron chi connectivity index (χ3n) is 2.36. The van der Waals surface area contributed by atoms with Crippen LogP contribution >= 0.6 is 0 Å². The van der Waals surface area contributed by atoms with Crippen LogP contribution in [0.1, 0.15) is 19.8 Å². The summed E-state index contributed by atoms with van der Waals surface area (Å²) in [7, 11) is 0. The molecule has 0 fully saturated rings. The van der Waals surface area contributed by atoms with Crippen LogP contribution in [-0.2, 0) is 9.59 Å². The topological polar surface area (TPSA) is 167 Å². The van der Waals surface area contributed by atoms with Gasteiger partial charge in [0.25, 0.3) is 0 Å². The van der Waals surface area contributed by atoms with E-state index >= 15 is 0 Å². The standard InChI is InChI=1S/C8H16N2O5.C2H6O/c9-3-5(10)8(4-11,1-6(12)13)2-7(14)15;1-2-3/h5,11H,1-4,9-10H2,(H,12,13)(H,14,15);3H,2H2,1H3. The van der Waals surface area contributed by atoms with Gasteiger partial charge in [-0.1, -0.05) is 0 Å². The van der Waals surface area contributed by atoms with Crippen molar-refractivity contribution in [1.82, 2.24) is 0 Å². The summed E-state index contributed by atoms with van der Waals surface area (Å²) in [5.74, 6) is -2.43. The molecule has 8 nitrogen and oxygen atoms in total. The molecule has 0 saturated heterocycles. The van der Waals surface area contributed by atoms with E-state index in [1.807, 2.05) is 0 Å². The van der Waals surface area contributed by atoms with Crippen molar-refractivity contribution in [2.75, 3.05) is 19.8 Å². The molecule has 1 unspecified atom stereocenters. The number of aliphatic hydroxyl groups excluding tert-OH is 2. The van der Waals surface area contributed by atoms with Gasteiger partial charge in [0.05, 0.1) is 19.4 Å². The van der Waals surface area contributed by atoms with Gasteiger partial charge in [0.1, 0.15) is 0 Å². The predicted molar refractivity (Wildman–Crippen MR) is 63.8 cm³/mol. The van der Waals surface area contributed by atoms with Crippen LogP contribution in [0.5, 0.6) is 0 Å². The Bertz CT molecular complexity index is 243. The monoisotopic (exact) mass is 266 g/mol. The second kappa shape index (κ2) is 9.77. The zero-order valence-electron chi connectivity index (χ0n) is 10.4. The summed E-state index contributed by atoms with van der Waals surface area (Å²) in [6.45, 7) is 1.23. The fraction of sp³-hybridized carbons (Fsp3) is 0.800. The van der Waals surface area contributed by atoms with Crippen LogP contribution in [0, 0.1) is 5.41 Å². The van der Waals surface area contributed by atoms with Crippen molar-refractivity contribution < 1.29 is 30.0 Å². The second-order valence-corrected chi connectivity index (χ2v) is 3.82. The molecule has 0 aliphatic heterocycles. The van der Waals surface area contributed by atoms with Gasteiger partial charge in [-0.3, -0.25) is 9.59 Å². The summed E-state index contributed by atoms with van der Waals surface area (Å²) < 4.78 is 0. The van der Waals surface area contributed by atoms with Gasteiger partial charge in [0, 0.05) is 24.6 Å². The van der Waals surface area contributed by atoms with Crippen LogP contribution < -0.4 is 11.5 Å². The number of hydrogen-bond acceptors (Lipinski definition) is 6. The average Bonchev–Trinajstić information content (AvgIpc) is 2.26. The van der Waals surface area contributed by atoms with Gasteiger partial charge in [-0.25, -0.2) is 0 Å². The van der Waals surface area contributed by atoms with Crippen LogP contribution in [0.15, 0.2) is 0 Å². The third kappa shape index (κ3) is 7.17. The number of hydrogen-bond donors (Lipinski definition) is 6. The lowest BCUT2D eigenvalue weighted by Gasteiger charge is -2.34. The molecule has 0 aromatic carbocycles. The largest absolute Gasteiger partial charge is 0.481 e. The third-order valence-corrected chi connectivity index (χ3v) is 2.36. The first-order valence-corrected chi connectivity index (χ1v) is 5.40. The molecule has 0 saturated carbocycles. The summed E-state index contributed by atoms with van der Waals surface area (Å²) in [5.41, 5.74) is 9.41. The minimum Gasteiger partial charge on any atom is -0.481 e. The van der Waals surface area contributed by atoms with Crippen molar-refractivity contribution in [3.8, 4) is 0 Å². The molecule has 0 radical (unpaired) electrons. The Hall–Kier alpha value is -1.22. The van der Waals surface area contributed by atoms with E-state index in [-0.39, 0.29) is 13.2 Å². The van der Waals surface area contributed by atoms with Crippen molar-refractivity contribution in [2.24, 2.45) is 16.9 Å². The summed E-state index contributed by atoms with van der Waals surface area (Å²) in [6, 6.07) is -0.866. The van der Waals surface area contributed by atoms with E-state index in [4.69, 9.17) is 31.9 Å². The molecule has 108 valence electrons. The zero-order valence-corrected chi connectivity index (χ0v) is 10.4. The maximum absolute atomic E-state index is 10.6. The van der Waals surface area contributed by atoms with Gasteiger partial charge in [-0.15, -0.1) is 0 Å². The lowest BCUT2D eigenvalue weighted by atomic mass is 9.75. The summed E-state index contributed by atoms with van der Waals surface area (Å²) in [4.78, 5) is 21.2. The number of rotatable bonds is 7. The zero-order chi connectivity index (χ0) is 14.8. The van der Waals surface area contributed by atoms with E-state index in [2.05, 4.69) is 0 Å². The van der Waals surface area contributed by atoms with E-state index in [0.717, 1.165) is 0 Å². The first-order valence-electron chi connectivity index (χ1n) is 5.40. The molecule has 0 bridgehead atoms. The number of aliphatic carboxylic acids is 2. The second-order valence-electron chi connectivity index (χ2n) is 3.82. The molecule has 18 heavy (non-hydrogen) atoms. The van der Waals surface area contributed by atoms with Crippen molar-refractivity contribution in [2.45, 2.75) is 25.8 Å². The molecular formula is C10H22N2O6. The normalized spacial score (nSPS) is 12.3. The minimum atomic E-state index is -1.40. The van der Waals surface area contributed by atoms with Crippen molar-refractivity contribution >= 4 is 11.9 Å². The highest BCUT2D eigenvalue weighted by Gasteiger charge is 2.40. The van der Waals surface area contributed by atoms with E-state index in [9.17, 15) is 9.59 Å². The molecule has 8 heteroatoms. The van der Waals surface area contributed by atoms with Crippen molar-refractivity contribution in [3.63, 3.8) is 0 Å². The maximum Gasteiger partial charge on any atom is 0.304 e. The van der Waals surface area contributed by atoms with E-state index in [1.54, 1.807) is 6.92 Å². The fourth-order valence-electron chi connectivity index (χ4n) is 1.41. The number of nitrogens with two attached hydrogens (primary N) is 2. The van der Waals surface area contributed by atoms with Gasteiger partial charge in [0.15, 0.2) is 0 Å². The van der Waals surface area contributed by atoms with Crippen LogP contribution in [0.3, 0.4) is 0 Å². The SMILES string of the molecule is CCO.NCC(N)C(CO)(CC(=O)O)CC(=O)O. The molecule has 8 N–H and O–H groups in total. The quantitative estimate of drug-likeness (QED) is 0.313. The molecule has 0 aromatic heterocycles. The van der Waals surface area contributed by atoms with Gasteiger partial charge < -0.3 is 31.9 Å². The number of carboxylic acids is 2. The molecule has 0 rings (SSSR count). The maximum atomic E-state index is 10.6. The lowest BCUT2D eigenvalue weighted by molar-refractivity contribution is -0.146. The van der Waals surface area contributed by atoms with E-state index in [1.165, 1.54) is 0 Å². The van der Waals surface area contributed by atoms with Gasteiger partial charge in [-0.2, -0.15) is 0 Å². The van der Waals surface area contributed by atoms with Crippen LogP contribution in [-0.4, -0.2) is 58.2 Å². The summed E-state index contributed by atoms with van der Waals surface area (Å²) in [5, 5.41) is 34.0.